The standard InChI is InChI=1S/C13H18F3NO4S3/c1-3-22-12(10-13(14,15)16)24(20,21)17(23(18,19)4-2)11-8-6-5-7-9-11/h5-9,12H,3-4,10H2,1-2H3. The van der Waals surface area contributed by atoms with Crippen molar-refractivity contribution >= 4 is 37.5 Å². The van der Waals surface area contributed by atoms with Gasteiger partial charge in [0.2, 0.25) is 10.0 Å². The van der Waals surface area contributed by atoms with Crippen molar-refractivity contribution in [3.8, 4) is 0 Å². The predicted octanol–water partition coefficient (Wildman–Crippen LogP) is 3.20. The average molecular weight is 405 g/mol. The number of thioether (sulfide) groups is 1. The van der Waals surface area contributed by atoms with E-state index >= 15 is 0 Å². The summed E-state index contributed by atoms with van der Waals surface area (Å²) in [4.78, 5) is 0. The number of anilines is 1. The van der Waals surface area contributed by atoms with Crippen molar-refractivity contribution in [2.75, 3.05) is 15.2 Å². The number of rotatable bonds is 8. The maximum atomic E-state index is 12.8. The van der Waals surface area contributed by atoms with Crippen LogP contribution in [-0.4, -0.2) is 39.1 Å². The van der Waals surface area contributed by atoms with E-state index < -0.39 is 43.0 Å². The van der Waals surface area contributed by atoms with Crippen molar-refractivity contribution < 1.29 is 30.0 Å². The van der Waals surface area contributed by atoms with Gasteiger partial charge in [0.15, 0.2) is 0 Å². The van der Waals surface area contributed by atoms with Crippen molar-refractivity contribution in [1.29, 1.82) is 0 Å². The quantitative estimate of drug-likeness (QED) is 0.664. The van der Waals surface area contributed by atoms with Crippen LogP contribution in [-0.2, 0) is 20.0 Å². The Morgan fingerprint density at radius 1 is 1.08 bits per heavy atom. The maximum absolute atomic E-state index is 12.8. The van der Waals surface area contributed by atoms with Gasteiger partial charge in [0, 0.05) is 0 Å². The van der Waals surface area contributed by atoms with Crippen LogP contribution in [0.15, 0.2) is 30.3 Å². The summed E-state index contributed by atoms with van der Waals surface area (Å²) in [6.45, 7) is 2.73. The molecule has 0 aromatic heterocycles. The topological polar surface area (TPSA) is 71.5 Å². The average Bonchev–Trinajstić information content (AvgIpc) is 2.46. The lowest BCUT2D eigenvalue weighted by Crippen LogP contribution is -2.44. The minimum Gasteiger partial charge on any atom is -0.205 e. The van der Waals surface area contributed by atoms with Gasteiger partial charge < -0.3 is 0 Å². The monoisotopic (exact) mass is 405 g/mol. The first-order valence-electron chi connectivity index (χ1n) is 6.96. The zero-order chi connectivity index (χ0) is 18.6. The fourth-order valence-corrected chi connectivity index (χ4v) is 7.66. The number of nitrogens with zero attached hydrogens (tertiary/aromatic N) is 1. The van der Waals surface area contributed by atoms with Gasteiger partial charge in [0.1, 0.15) is 4.58 Å². The zero-order valence-electron chi connectivity index (χ0n) is 13.0. The Labute approximate surface area is 144 Å². The first kappa shape index (κ1) is 21.1. The first-order valence-corrected chi connectivity index (χ1v) is 11.1. The summed E-state index contributed by atoms with van der Waals surface area (Å²) < 4.78 is 86.5. The number of halogens is 3. The number of para-hydroxylation sites is 1. The lowest BCUT2D eigenvalue weighted by molar-refractivity contribution is -0.131. The molecule has 0 amide bonds. The maximum Gasteiger partial charge on any atom is 0.391 e. The van der Waals surface area contributed by atoms with E-state index in [1.54, 1.807) is 6.07 Å². The SMILES string of the molecule is CCSC(CC(F)(F)F)S(=O)(=O)N(c1ccccc1)S(=O)(=O)CC. The Balaban J connectivity index is 3.48. The Kier molecular flexibility index (Phi) is 7.00. The molecule has 1 aromatic carbocycles. The summed E-state index contributed by atoms with van der Waals surface area (Å²) in [5.41, 5.74) is -0.205. The van der Waals surface area contributed by atoms with Crippen LogP contribution in [0.4, 0.5) is 18.9 Å². The third-order valence-corrected chi connectivity index (χ3v) is 9.16. The Morgan fingerprint density at radius 3 is 2.04 bits per heavy atom. The molecule has 0 fully saturated rings. The molecular weight excluding hydrogens is 387 g/mol. The number of alkyl halides is 3. The van der Waals surface area contributed by atoms with E-state index in [-0.39, 0.29) is 15.2 Å². The number of hydrogen-bond donors (Lipinski definition) is 0. The van der Waals surface area contributed by atoms with Gasteiger partial charge in [-0.2, -0.15) is 16.9 Å². The normalized spacial score (nSPS) is 14.4. The third-order valence-electron chi connectivity index (χ3n) is 2.90. The molecular formula is C13H18F3NO4S3. The summed E-state index contributed by atoms with van der Waals surface area (Å²) in [6, 6.07) is 6.82. The molecule has 0 heterocycles. The van der Waals surface area contributed by atoms with Crippen LogP contribution in [0.3, 0.4) is 0 Å². The van der Waals surface area contributed by atoms with E-state index in [9.17, 15) is 30.0 Å². The minimum atomic E-state index is -4.79. The molecule has 24 heavy (non-hydrogen) atoms. The molecule has 0 aliphatic carbocycles. The van der Waals surface area contributed by atoms with E-state index in [4.69, 9.17) is 0 Å². The Hall–Kier alpha value is -0.940. The molecule has 11 heteroatoms. The van der Waals surface area contributed by atoms with Gasteiger partial charge in [-0.1, -0.05) is 25.1 Å². The van der Waals surface area contributed by atoms with E-state index in [0.29, 0.717) is 11.8 Å². The third kappa shape index (κ3) is 5.28. The van der Waals surface area contributed by atoms with Crippen molar-refractivity contribution in [3.63, 3.8) is 0 Å². The highest BCUT2D eigenvalue weighted by atomic mass is 32.3. The van der Waals surface area contributed by atoms with Crippen molar-refractivity contribution in [1.82, 2.24) is 0 Å². The molecule has 1 rings (SSSR count). The number of sulfonamides is 2. The zero-order valence-corrected chi connectivity index (χ0v) is 15.5. The minimum absolute atomic E-state index is 0.0920. The molecule has 0 N–H and O–H groups in total. The van der Waals surface area contributed by atoms with Crippen LogP contribution in [0, 0.1) is 0 Å². The predicted molar refractivity (Wildman–Crippen MR) is 89.9 cm³/mol. The van der Waals surface area contributed by atoms with E-state index in [0.717, 1.165) is 0 Å². The summed E-state index contributed by atoms with van der Waals surface area (Å²) in [5, 5.41) is 0. The lowest BCUT2D eigenvalue weighted by atomic mass is 10.3. The molecule has 1 aromatic rings. The molecule has 138 valence electrons. The van der Waals surface area contributed by atoms with Crippen molar-refractivity contribution in [3.05, 3.63) is 30.3 Å². The fourth-order valence-electron chi connectivity index (χ4n) is 1.86. The summed E-state index contributed by atoms with van der Waals surface area (Å²) in [6.07, 6.45) is -6.37. The second kappa shape index (κ2) is 7.96. The Morgan fingerprint density at radius 2 is 1.62 bits per heavy atom. The second-order valence-corrected chi connectivity index (χ2v) is 10.8. The van der Waals surface area contributed by atoms with Gasteiger partial charge in [-0.05, 0) is 24.8 Å². The van der Waals surface area contributed by atoms with Gasteiger partial charge >= 0.3 is 6.18 Å². The molecule has 0 spiro atoms. The van der Waals surface area contributed by atoms with E-state index in [1.165, 1.54) is 38.1 Å². The van der Waals surface area contributed by atoms with Crippen LogP contribution in [0.25, 0.3) is 0 Å². The summed E-state index contributed by atoms with van der Waals surface area (Å²) in [7, 11) is -9.12. The van der Waals surface area contributed by atoms with Crippen LogP contribution in [0.1, 0.15) is 20.3 Å². The molecule has 0 radical (unpaired) electrons. The first-order chi connectivity index (χ1) is 11.0. The number of hydrogen-bond acceptors (Lipinski definition) is 5. The van der Waals surface area contributed by atoms with E-state index in [2.05, 4.69) is 0 Å². The molecule has 1 atom stereocenters. The second-order valence-electron chi connectivity index (χ2n) is 4.68. The lowest BCUT2D eigenvalue weighted by Gasteiger charge is -2.28. The van der Waals surface area contributed by atoms with Gasteiger partial charge in [0.05, 0.1) is 17.9 Å². The van der Waals surface area contributed by atoms with Gasteiger partial charge in [-0.25, -0.2) is 16.8 Å². The molecule has 0 saturated carbocycles. The van der Waals surface area contributed by atoms with E-state index in [1.807, 2.05) is 0 Å². The fraction of sp³-hybridized carbons (Fsp3) is 0.538. The van der Waals surface area contributed by atoms with Gasteiger partial charge in [-0.15, -0.1) is 11.8 Å². The van der Waals surface area contributed by atoms with Crippen LogP contribution < -0.4 is 3.71 Å². The Bertz CT molecular complexity index is 733. The largest absolute Gasteiger partial charge is 0.391 e. The van der Waals surface area contributed by atoms with Crippen molar-refractivity contribution in [2.45, 2.75) is 31.0 Å². The molecule has 0 saturated heterocycles. The highest BCUT2D eigenvalue weighted by Crippen LogP contribution is 2.35. The van der Waals surface area contributed by atoms with Crippen LogP contribution in [0.2, 0.25) is 0 Å². The molecule has 0 bridgehead atoms. The number of benzene rings is 1. The summed E-state index contributed by atoms with van der Waals surface area (Å²) in [5.74, 6) is -0.467. The molecule has 0 aliphatic heterocycles. The molecule has 0 aliphatic rings. The highest BCUT2D eigenvalue weighted by molar-refractivity contribution is 8.19. The highest BCUT2D eigenvalue weighted by Gasteiger charge is 2.44. The molecule has 1 unspecified atom stereocenters. The van der Waals surface area contributed by atoms with Crippen LogP contribution in [0.5, 0.6) is 0 Å². The van der Waals surface area contributed by atoms with Gasteiger partial charge in [-0.3, -0.25) is 0 Å². The van der Waals surface area contributed by atoms with Crippen molar-refractivity contribution in [2.24, 2.45) is 0 Å². The van der Waals surface area contributed by atoms with Gasteiger partial charge in [0.25, 0.3) is 10.0 Å². The smallest absolute Gasteiger partial charge is 0.205 e. The molecule has 5 nitrogen and oxygen atoms in total. The summed E-state index contributed by atoms with van der Waals surface area (Å²) >= 11 is 0.546. The van der Waals surface area contributed by atoms with Crippen LogP contribution >= 0.6 is 11.8 Å².